The summed E-state index contributed by atoms with van der Waals surface area (Å²) in [5.41, 5.74) is -0.475. The molecule has 1 saturated heterocycles. The highest BCUT2D eigenvalue weighted by molar-refractivity contribution is 5.94. The van der Waals surface area contributed by atoms with E-state index in [0.29, 0.717) is 26.1 Å². The van der Waals surface area contributed by atoms with Crippen LogP contribution in [0, 0.1) is 5.95 Å². The molecular weight excluding hydrogens is 239 g/mol. The number of aromatic nitrogens is 1. The molecule has 1 aromatic rings. The summed E-state index contributed by atoms with van der Waals surface area (Å²) < 4.78 is 18.1. The van der Waals surface area contributed by atoms with Crippen LogP contribution in [0.3, 0.4) is 0 Å². The van der Waals surface area contributed by atoms with Crippen molar-refractivity contribution in [1.82, 2.24) is 10.3 Å². The predicted molar refractivity (Wildman–Crippen MR) is 61.5 cm³/mol. The molecule has 18 heavy (non-hydrogen) atoms. The number of hydrogen-bond donors (Lipinski definition) is 2. The lowest BCUT2D eigenvalue weighted by atomic mass is 9.90. The molecule has 0 spiro atoms. The number of aliphatic hydroxyl groups excluding tert-OH is 1. The van der Waals surface area contributed by atoms with Gasteiger partial charge in [-0.1, -0.05) is 0 Å². The van der Waals surface area contributed by atoms with Crippen LogP contribution in [0.1, 0.15) is 23.2 Å². The molecule has 1 aliphatic heterocycles. The van der Waals surface area contributed by atoms with Crippen LogP contribution in [-0.4, -0.2) is 41.4 Å². The zero-order valence-corrected chi connectivity index (χ0v) is 9.86. The predicted octanol–water partition coefficient (Wildman–Crippen LogP) is 0.492. The van der Waals surface area contributed by atoms with Crippen LogP contribution >= 0.6 is 0 Å². The van der Waals surface area contributed by atoms with E-state index in [1.54, 1.807) is 0 Å². The molecule has 0 radical (unpaired) electrons. The van der Waals surface area contributed by atoms with E-state index in [0.717, 1.165) is 6.07 Å². The van der Waals surface area contributed by atoms with E-state index in [9.17, 15) is 14.3 Å². The first-order chi connectivity index (χ1) is 8.65. The lowest BCUT2D eigenvalue weighted by Crippen LogP contribution is -2.54. The summed E-state index contributed by atoms with van der Waals surface area (Å²) in [7, 11) is 0. The molecule has 0 aliphatic carbocycles. The van der Waals surface area contributed by atoms with Gasteiger partial charge < -0.3 is 15.2 Å². The third-order valence-corrected chi connectivity index (χ3v) is 3.12. The highest BCUT2D eigenvalue weighted by atomic mass is 19.1. The minimum atomic E-state index is -0.701. The average Bonchev–Trinajstić information content (AvgIpc) is 2.40. The largest absolute Gasteiger partial charge is 0.394 e. The fourth-order valence-electron chi connectivity index (χ4n) is 1.94. The second-order valence-corrected chi connectivity index (χ2v) is 4.37. The SMILES string of the molecule is O=C(NC1(CO)CCOCC1)c1ccnc(F)c1. The van der Waals surface area contributed by atoms with Gasteiger partial charge in [-0.15, -0.1) is 0 Å². The van der Waals surface area contributed by atoms with Gasteiger partial charge in [-0.25, -0.2) is 4.98 Å². The van der Waals surface area contributed by atoms with Crippen molar-refractivity contribution in [2.75, 3.05) is 19.8 Å². The number of ether oxygens (including phenoxy) is 1. The molecule has 2 N–H and O–H groups in total. The van der Waals surface area contributed by atoms with Gasteiger partial charge in [0.05, 0.1) is 12.1 Å². The quantitative estimate of drug-likeness (QED) is 0.770. The first kappa shape index (κ1) is 12.9. The third-order valence-electron chi connectivity index (χ3n) is 3.12. The highest BCUT2D eigenvalue weighted by Crippen LogP contribution is 2.20. The van der Waals surface area contributed by atoms with E-state index in [1.807, 2.05) is 0 Å². The van der Waals surface area contributed by atoms with Crippen molar-refractivity contribution in [2.45, 2.75) is 18.4 Å². The number of nitrogens with zero attached hydrogens (tertiary/aromatic N) is 1. The number of carbonyl (C=O) groups is 1. The maximum atomic E-state index is 12.9. The minimum absolute atomic E-state index is 0.157. The van der Waals surface area contributed by atoms with Crippen molar-refractivity contribution in [2.24, 2.45) is 0 Å². The summed E-state index contributed by atoms with van der Waals surface area (Å²) in [5, 5.41) is 12.2. The first-order valence-electron chi connectivity index (χ1n) is 5.78. The molecule has 0 atom stereocenters. The van der Waals surface area contributed by atoms with Gasteiger partial charge in [0.1, 0.15) is 0 Å². The monoisotopic (exact) mass is 254 g/mol. The number of rotatable bonds is 3. The normalized spacial score (nSPS) is 18.3. The van der Waals surface area contributed by atoms with Crippen LogP contribution in [-0.2, 0) is 4.74 Å². The van der Waals surface area contributed by atoms with Gasteiger partial charge in [-0.05, 0) is 18.9 Å². The Balaban J connectivity index is 2.10. The molecule has 1 aromatic heterocycles. The van der Waals surface area contributed by atoms with Gasteiger partial charge >= 0.3 is 0 Å². The second kappa shape index (κ2) is 5.41. The molecule has 2 heterocycles. The molecule has 0 aromatic carbocycles. The summed E-state index contributed by atoms with van der Waals surface area (Å²) in [6.45, 7) is 0.826. The zero-order valence-electron chi connectivity index (χ0n) is 9.86. The smallest absolute Gasteiger partial charge is 0.252 e. The molecular formula is C12H15FN2O3. The van der Waals surface area contributed by atoms with Crippen LogP contribution in [0.5, 0.6) is 0 Å². The lowest BCUT2D eigenvalue weighted by molar-refractivity contribution is 0.0125. The number of hydrogen-bond acceptors (Lipinski definition) is 4. The summed E-state index contributed by atoms with van der Waals surface area (Å²) in [5.74, 6) is -1.11. The standard InChI is InChI=1S/C12H15FN2O3/c13-10-7-9(1-4-14-10)11(17)15-12(8-16)2-5-18-6-3-12/h1,4,7,16H,2-3,5-6,8H2,(H,15,17). The van der Waals surface area contributed by atoms with Crippen LogP contribution < -0.4 is 5.32 Å². The third kappa shape index (κ3) is 2.83. The minimum Gasteiger partial charge on any atom is -0.394 e. The van der Waals surface area contributed by atoms with Gasteiger partial charge in [0, 0.05) is 31.0 Å². The molecule has 0 bridgehead atoms. The van der Waals surface area contributed by atoms with Gasteiger partial charge in [-0.2, -0.15) is 4.39 Å². The number of carbonyl (C=O) groups excluding carboxylic acids is 1. The molecule has 0 unspecified atom stereocenters. The van der Waals surface area contributed by atoms with Crippen LogP contribution in [0.2, 0.25) is 0 Å². The number of amides is 1. The van der Waals surface area contributed by atoms with Crippen molar-refractivity contribution in [3.8, 4) is 0 Å². The Morgan fingerprint density at radius 1 is 1.56 bits per heavy atom. The number of pyridine rings is 1. The van der Waals surface area contributed by atoms with E-state index in [-0.39, 0.29) is 12.2 Å². The molecule has 5 nitrogen and oxygen atoms in total. The zero-order chi connectivity index (χ0) is 13.0. The van der Waals surface area contributed by atoms with E-state index >= 15 is 0 Å². The number of nitrogens with one attached hydrogen (secondary N) is 1. The van der Waals surface area contributed by atoms with Crippen molar-refractivity contribution < 1.29 is 19.0 Å². The van der Waals surface area contributed by atoms with Gasteiger partial charge in [0.2, 0.25) is 5.95 Å². The van der Waals surface area contributed by atoms with Gasteiger partial charge in [-0.3, -0.25) is 4.79 Å². The highest BCUT2D eigenvalue weighted by Gasteiger charge is 2.33. The number of halogens is 1. The Labute approximate surface area is 104 Å². The molecule has 6 heteroatoms. The van der Waals surface area contributed by atoms with Crippen LogP contribution in [0.4, 0.5) is 4.39 Å². The average molecular weight is 254 g/mol. The molecule has 0 saturated carbocycles. The molecule has 2 rings (SSSR count). The molecule has 98 valence electrons. The maximum absolute atomic E-state index is 12.9. The number of aliphatic hydroxyl groups is 1. The first-order valence-corrected chi connectivity index (χ1v) is 5.78. The fourth-order valence-corrected chi connectivity index (χ4v) is 1.94. The van der Waals surface area contributed by atoms with E-state index in [1.165, 1.54) is 12.3 Å². The molecule has 1 fully saturated rings. The van der Waals surface area contributed by atoms with Crippen LogP contribution in [0.25, 0.3) is 0 Å². The van der Waals surface area contributed by atoms with Gasteiger partial charge in [0.25, 0.3) is 5.91 Å². The van der Waals surface area contributed by atoms with Crippen molar-refractivity contribution in [3.05, 3.63) is 29.8 Å². The summed E-state index contributed by atoms with van der Waals surface area (Å²) in [6, 6.07) is 2.50. The maximum Gasteiger partial charge on any atom is 0.252 e. The lowest BCUT2D eigenvalue weighted by Gasteiger charge is -2.36. The Hall–Kier alpha value is -1.53. The van der Waals surface area contributed by atoms with Crippen molar-refractivity contribution >= 4 is 5.91 Å². The van der Waals surface area contributed by atoms with E-state index < -0.39 is 17.4 Å². The van der Waals surface area contributed by atoms with E-state index in [4.69, 9.17) is 4.74 Å². The summed E-state index contributed by atoms with van der Waals surface area (Å²) in [6.07, 6.45) is 2.32. The summed E-state index contributed by atoms with van der Waals surface area (Å²) in [4.78, 5) is 15.4. The Morgan fingerprint density at radius 2 is 2.28 bits per heavy atom. The molecule has 1 aliphatic rings. The topological polar surface area (TPSA) is 71.5 Å². The summed E-state index contributed by atoms with van der Waals surface area (Å²) >= 11 is 0. The van der Waals surface area contributed by atoms with Crippen LogP contribution in [0.15, 0.2) is 18.3 Å². The molecule has 1 amide bonds. The Kier molecular flexibility index (Phi) is 3.88. The Morgan fingerprint density at radius 3 is 2.89 bits per heavy atom. The second-order valence-electron chi connectivity index (χ2n) is 4.37. The Bertz CT molecular complexity index is 433. The van der Waals surface area contributed by atoms with Crippen molar-refractivity contribution in [3.63, 3.8) is 0 Å². The fraction of sp³-hybridized carbons (Fsp3) is 0.500. The van der Waals surface area contributed by atoms with Crippen molar-refractivity contribution in [1.29, 1.82) is 0 Å². The van der Waals surface area contributed by atoms with Gasteiger partial charge in [0.15, 0.2) is 0 Å². The van der Waals surface area contributed by atoms with E-state index in [2.05, 4.69) is 10.3 Å².